The summed E-state index contributed by atoms with van der Waals surface area (Å²) in [6.07, 6.45) is -2.96. The quantitative estimate of drug-likeness (QED) is 0.0154. The predicted molar refractivity (Wildman–Crippen MR) is 493 cm³/mol. The summed E-state index contributed by atoms with van der Waals surface area (Å²) in [5, 5.41) is 53.2. The Hall–Kier alpha value is 1.07. The number of nitrogens with zero attached hydrogens (tertiary/aromatic N) is 1. The number of aliphatic hydroxyl groups is 5. The smallest absolute Gasteiger partial charge is 0.261 e. The average molecular weight is 3230 g/mol. The van der Waals surface area contributed by atoms with Gasteiger partial charge < -0.3 is 115 Å². The van der Waals surface area contributed by atoms with E-state index >= 15 is 0 Å². The number of fused-ring (bicyclic) bond motifs is 12. The van der Waals surface area contributed by atoms with Crippen LogP contribution in [-0.2, 0) is 97.4 Å². The summed E-state index contributed by atoms with van der Waals surface area (Å²) in [6.45, 7) is 50.0. The van der Waals surface area contributed by atoms with Crippen molar-refractivity contribution in [3.8, 4) is 0 Å². The van der Waals surface area contributed by atoms with E-state index in [1.54, 1.807) is 40.0 Å². The molecular formula is C99H144NO23PSi2U6-6. The maximum Gasteiger partial charge on any atom is 0.261 e. The normalized spacial score (nSPS) is 33.2. The molecule has 0 spiro atoms. The van der Waals surface area contributed by atoms with Crippen molar-refractivity contribution in [2.75, 3.05) is 46.2 Å². The second-order valence-corrected chi connectivity index (χ2v) is 45.0. The Balaban J connectivity index is 0.000000550. The molecule has 0 saturated carbocycles. The minimum absolute atomic E-state index is 0. The minimum atomic E-state index is -2.71. The largest absolute Gasteiger partial charge is 0.541 e. The van der Waals surface area contributed by atoms with Gasteiger partial charge in [-0.25, -0.2) is 6.57 Å². The molecule has 0 radical (unpaired) electrons. The second kappa shape index (κ2) is 56.1. The summed E-state index contributed by atoms with van der Waals surface area (Å²) < 4.78 is 107. The van der Waals surface area contributed by atoms with Crippen molar-refractivity contribution >= 4 is 45.8 Å². The van der Waals surface area contributed by atoms with Crippen LogP contribution in [0.3, 0.4) is 0 Å². The van der Waals surface area contributed by atoms with Crippen LogP contribution in [0.4, 0.5) is 0 Å². The Kier molecular flexibility index (Phi) is 54.9. The molecule has 0 amide bonds. The van der Waals surface area contributed by atoms with Gasteiger partial charge in [-0.1, -0.05) is 275 Å². The van der Waals surface area contributed by atoms with Crippen LogP contribution >= 0.6 is 8.38 Å². The van der Waals surface area contributed by atoms with Crippen molar-refractivity contribution in [2.24, 2.45) is 0 Å². The SMILES string of the molecule is C.C.C.C.C.CC[C@]12O[CH-][C@H](O[C@@H]1C)[C@@H]2O.C[C@H]1O[C@H]2[CH-]O[C@]1(CO)[C@H]2O.C[C@H]1O[C@H]2[CH-]O[C@]1(CO)[C@H]2OCc1ccccc1.C[C@H]1O[C@H]2[CH-]O[C@]1(CO[Si](c1ccccc1)(c1ccccc1)C(C)(C)C)[C@H]2O.C[C@H]1O[C@H]2[CH-]O[C@]1(CO[Si](c1ccccc1)(c1ccccc1)C(C)(C)C)[C@H]2OCc1ccccc1.[C-]#[N+]CCOP(C)O[C@H]1[C@@H]2[CH-]O[C@@]1(CC)[C@@H](C)O2.[U].[U].[U].[U].[U].[U]. The van der Waals surface area contributed by atoms with Gasteiger partial charge in [0.1, 0.15) is 29.0 Å². The van der Waals surface area contributed by atoms with Gasteiger partial charge in [-0.15, -0.1) is 0 Å². The van der Waals surface area contributed by atoms with Gasteiger partial charge in [0.15, 0.2) is 8.38 Å². The van der Waals surface area contributed by atoms with Crippen molar-refractivity contribution in [3.05, 3.63) is 244 Å². The summed E-state index contributed by atoms with van der Waals surface area (Å²) >= 11 is 0. The van der Waals surface area contributed by atoms with E-state index in [1.165, 1.54) is 27.4 Å². The fourth-order valence-electron chi connectivity index (χ4n) is 19.1. The first-order valence-corrected chi connectivity index (χ1v) is 47.9. The van der Waals surface area contributed by atoms with E-state index in [1.807, 2.05) is 102 Å². The molecule has 33 heteroatoms. The van der Waals surface area contributed by atoms with Gasteiger partial charge in [-0.3, -0.25) is 0 Å². The van der Waals surface area contributed by atoms with Gasteiger partial charge in [-0.05, 0) is 133 Å². The Bertz CT molecular complexity index is 4180. The van der Waals surface area contributed by atoms with Crippen molar-refractivity contribution in [1.29, 1.82) is 0 Å². The van der Waals surface area contributed by atoms with Crippen LogP contribution in [-0.4, -0.2) is 232 Å². The standard InChI is InChI=1S/C30H35O4Si.C23H29O4Si.C14H17O4.C12H19NO4P.C8H13O3.C7H11O4.5CH4.6U/c1-23-30(28(27(34-23)21-32-30)31-20-24-14-8-5-9-15-24)22-33-35(29(2,3)4,25-16-10-6-11-17-25)26-18-12-7-13-19-26;1-17-23(21(24)20(27-17)15-25-23)16-26-28(22(2,3)4,18-11-7-5-8-12-18)19-13-9-6-10-14-19;1-10-14(9-15)13(12(18-10)8-17-14)16-7-11-5-3-2-4-6-11;1-5-12-9(2)16-10(8-14-12)11(12)17-18(4)15-7-6-13-3;1-3-8-5(2)11-6(4-10-8)7(8)9;1-4-7(3-8)6(9)5(11-4)2-10-7;;;;;;;;;;;/h5-19,21,23,27-28H,20,22H2,1-4H3;5-15,17,20-21,24H,16H2,1-4H3;2-6,8,10,12-13,15H,7,9H2,1H3;8-11H,5-7H2,1-2,4H3;4-7,9H,3H2,1-2H3;2,4-6,8-9H,3H2,1H3;5*1H4;;;;;;/q6*-1;;;;;;;;;;;/t23-,27+,28+,30+;17-,20+,21+,23+;10-,12+,13+,14+;9-,10+,11+,12+,18?;5-,6+,7+,8+;4-,5+,6+,7+;;;;;;;;;;;/m111111.........../s1. The minimum Gasteiger partial charge on any atom is -0.541 e. The van der Waals surface area contributed by atoms with E-state index in [0.717, 1.165) is 24.0 Å². The molecule has 18 rings (SSSR count). The third-order valence-corrected chi connectivity index (χ3v) is 37.4. The van der Waals surface area contributed by atoms with E-state index in [2.05, 4.69) is 182 Å². The van der Waals surface area contributed by atoms with Crippen molar-refractivity contribution < 1.29 is 296 Å². The Morgan fingerprint density at radius 2 is 0.644 bits per heavy atom. The van der Waals surface area contributed by atoms with Crippen LogP contribution in [0.15, 0.2) is 182 Å². The van der Waals surface area contributed by atoms with Crippen LogP contribution in [0.1, 0.15) is 158 Å². The Morgan fingerprint density at radius 1 is 0.379 bits per heavy atom. The summed E-state index contributed by atoms with van der Waals surface area (Å²) in [5.74, 6) is 0. The summed E-state index contributed by atoms with van der Waals surface area (Å²) in [6, 6.07) is 62.6. The number of hydrogen-bond acceptors (Lipinski definition) is 23. The molecule has 12 heterocycles. The molecule has 24 nitrogen and oxygen atoms in total. The summed E-state index contributed by atoms with van der Waals surface area (Å²) in [4.78, 5) is 3.25. The molecule has 12 bridgehead atoms. The van der Waals surface area contributed by atoms with Gasteiger partial charge in [0.2, 0.25) is 6.54 Å². The van der Waals surface area contributed by atoms with E-state index in [4.69, 9.17) is 95.9 Å². The van der Waals surface area contributed by atoms with E-state index < -0.39 is 71.3 Å². The van der Waals surface area contributed by atoms with E-state index in [0.29, 0.717) is 33.0 Å². The molecule has 726 valence electrons. The molecule has 5 N–H and O–H groups in total. The molecule has 0 aliphatic carbocycles. The predicted octanol–water partition coefficient (Wildman–Crippen LogP) is 13.9. The number of benzene rings is 6. The number of hydrogen-bond donors (Lipinski definition) is 5. The molecule has 12 saturated heterocycles. The molecule has 132 heavy (non-hydrogen) atoms. The van der Waals surface area contributed by atoms with Crippen LogP contribution in [0.25, 0.3) is 4.85 Å². The monoisotopic (exact) mass is 3230 g/mol. The van der Waals surface area contributed by atoms with Gasteiger partial charge in [0.25, 0.3) is 16.6 Å². The molecule has 12 aliphatic rings. The maximum atomic E-state index is 10.7. The van der Waals surface area contributed by atoms with E-state index in [9.17, 15) is 20.4 Å². The Morgan fingerprint density at radius 3 is 0.924 bits per heavy atom. The zero-order chi connectivity index (χ0) is 86.4. The van der Waals surface area contributed by atoms with Crippen molar-refractivity contribution in [3.63, 3.8) is 0 Å². The van der Waals surface area contributed by atoms with Crippen molar-refractivity contribution in [1.82, 2.24) is 0 Å². The molecule has 6 aromatic carbocycles. The number of rotatable bonds is 25. The van der Waals surface area contributed by atoms with Crippen LogP contribution in [0.2, 0.25) is 10.1 Å². The zero-order valence-corrected chi connectivity index (χ0v) is 103. The summed E-state index contributed by atoms with van der Waals surface area (Å²) in [7, 11) is -6.39. The maximum absolute atomic E-state index is 10.7. The first-order valence-electron chi connectivity index (χ1n) is 42.4. The molecular weight excluding hydrogens is 3090 g/mol. The third kappa shape index (κ3) is 26.0. The second-order valence-electron chi connectivity index (χ2n) is 35.1. The average Bonchev–Trinajstić information content (AvgIpc) is 1.59. The van der Waals surface area contributed by atoms with E-state index in [-0.39, 0.29) is 351 Å². The fraction of sp³-hybridized carbons (Fsp3) is 0.566. The van der Waals surface area contributed by atoms with Crippen LogP contribution in [0, 0.1) is 233 Å². The van der Waals surface area contributed by atoms with Gasteiger partial charge >= 0.3 is 0 Å². The first kappa shape index (κ1) is 129. The van der Waals surface area contributed by atoms with Crippen molar-refractivity contribution in [2.45, 2.75) is 314 Å². The molecule has 12 aliphatic heterocycles. The topological polar surface area (TPSA) is 272 Å². The molecule has 6 aromatic rings. The first-order chi connectivity index (χ1) is 58.0. The summed E-state index contributed by atoms with van der Waals surface area (Å²) in [5.41, 5.74) is -1.76. The Labute approximate surface area is 934 Å². The molecule has 0 aromatic heterocycles. The zero-order valence-electron chi connectivity index (χ0n) is 75.2. The van der Waals surface area contributed by atoms with Crippen LogP contribution in [0.5, 0.6) is 0 Å². The number of aliphatic hydroxyl groups excluding tert-OH is 5. The molecule has 25 atom stereocenters. The fourth-order valence-corrected chi connectivity index (χ4v) is 29.3. The van der Waals surface area contributed by atoms with Gasteiger partial charge in [-0.2, -0.15) is 39.6 Å². The van der Waals surface area contributed by atoms with Gasteiger partial charge in [0.05, 0.1) is 124 Å². The third-order valence-electron chi connectivity index (χ3n) is 26.3. The molecule has 12 fully saturated rings. The van der Waals surface area contributed by atoms with Gasteiger partial charge in [0, 0.05) is 193 Å². The molecule has 1 unspecified atom stereocenters. The van der Waals surface area contributed by atoms with Crippen LogP contribution < -0.4 is 20.7 Å². The number of ether oxygens (including phenoxy) is 14.